The summed E-state index contributed by atoms with van der Waals surface area (Å²) in [5.41, 5.74) is -0.628. The Hall–Kier alpha value is -0.880. The first-order valence-electron chi connectivity index (χ1n) is 6.93. The highest BCUT2D eigenvalue weighted by atomic mass is 79.9. The summed E-state index contributed by atoms with van der Waals surface area (Å²) < 4.78 is 1.04. The highest BCUT2D eigenvalue weighted by Crippen LogP contribution is 2.34. The van der Waals surface area contributed by atoms with Gasteiger partial charge in [0.05, 0.1) is 6.54 Å². The topological polar surface area (TPSA) is 49.4 Å². The van der Waals surface area contributed by atoms with Crippen LogP contribution in [0.1, 0.15) is 37.0 Å². The quantitative estimate of drug-likeness (QED) is 0.885. The predicted molar refractivity (Wildman–Crippen MR) is 81.4 cm³/mol. The van der Waals surface area contributed by atoms with E-state index in [0.29, 0.717) is 19.5 Å². The van der Waals surface area contributed by atoms with Crippen molar-refractivity contribution in [3.05, 3.63) is 20.8 Å². The van der Waals surface area contributed by atoms with Crippen molar-refractivity contribution in [1.82, 2.24) is 10.2 Å². The van der Waals surface area contributed by atoms with Gasteiger partial charge in [0.1, 0.15) is 5.54 Å². The van der Waals surface area contributed by atoms with Gasteiger partial charge < -0.3 is 10.2 Å². The number of carbonyl (C=O) groups excluding carboxylic acids is 2. The number of nitrogens with zero attached hydrogens (tertiary/aromatic N) is 1. The van der Waals surface area contributed by atoms with Gasteiger partial charge in [0.25, 0.3) is 0 Å². The van der Waals surface area contributed by atoms with E-state index in [2.05, 4.69) is 21.2 Å². The van der Waals surface area contributed by atoms with Crippen LogP contribution in [0.4, 0.5) is 0 Å². The van der Waals surface area contributed by atoms with E-state index in [1.165, 1.54) is 0 Å². The summed E-state index contributed by atoms with van der Waals surface area (Å²) in [6, 6.07) is 2.00. The van der Waals surface area contributed by atoms with E-state index < -0.39 is 5.54 Å². The molecule has 3 rings (SSSR count). The molecule has 1 aliphatic carbocycles. The SMILES string of the molecule is O=C1CCN(Cc2sccc2Br)C(=O)C2(CCCC2)N1. The lowest BCUT2D eigenvalue weighted by Gasteiger charge is -2.31. The third-order valence-electron chi connectivity index (χ3n) is 4.17. The van der Waals surface area contributed by atoms with E-state index in [9.17, 15) is 9.59 Å². The molecule has 4 nitrogen and oxygen atoms in total. The van der Waals surface area contributed by atoms with E-state index in [-0.39, 0.29) is 11.8 Å². The minimum atomic E-state index is -0.628. The lowest BCUT2D eigenvalue weighted by molar-refractivity contribution is -0.139. The van der Waals surface area contributed by atoms with Gasteiger partial charge in [-0.05, 0) is 40.2 Å². The predicted octanol–water partition coefficient (Wildman–Crippen LogP) is 2.67. The largest absolute Gasteiger partial charge is 0.342 e. The molecular formula is C14H17BrN2O2S. The van der Waals surface area contributed by atoms with E-state index in [0.717, 1.165) is 35.0 Å². The molecule has 1 aliphatic heterocycles. The zero-order valence-corrected chi connectivity index (χ0v) is 13.6. The third kappa shape index (κ3) is 2.51. The molecule has 108 valence electrons. The monoisotopic (exact) mass is 356 g/mol. The summed E-state index contributed by atoms with van der Waals surface area (Å²) >= 11 is 5.15. The zero-order valence-electron chi connectivity index (χ0n) is 11.2. The molecule has 1 N–H and O–H groups in total. The number of hydrogen-bond acceptors (Lipinski definition) is 3. The second kappa shape index (κ2) is 5.48. The molecule has 2 fully saturated rings. The van der Waals surface area contributed by atoms with Crippen LogP contribution in [0.2, 0.25) is 0 Å². The average molecular weight is 357 g/mol. The molecule has 0 radical (unpaired) electrons. The van der Waals surface area contributed by atoms with Crippen molar-refractivity contribution < 1.29 is 9.59 Å². The van der Waals surface area contributed by atoms with Gasteiger partial charge in [0, 0.05) is 22.3 Å². The Morgan fingerprint density at radius 1 is 1.35 bits per heavy atom. The van der Waals surface area contributed by atoms with Gasteiger partial charge in [-0.1, -0.05) is 12.8 Å². The molecule has 2 heterocycles. The van der Waals surface area contributed by atoms with Gasteiger partial charge >= 0.3 is 0 Å². The lowest BCUT2D eigenvalue weighted by Crippen LogP contribution is -2.55. The van der Waals surface area contributed by atoms with Crippen molar-refractivity contribution in [2.75, 3.05) is 6.54 Å². The smallest absolute Gasteiger partial charge is 0.248 e. The fourth-order valence-electron chi connectivity index (χ4n) is 3.10. The Labute approximate surface area is 130 Å². The third-order valence-corrected chi connectivity index (χ3v) is 6.08. The molecule has 2 aliphatic rings. The zero-order chi connectivity index (χ0) is 14.2. The fourth-order valence-corrected chi connectivity index (χ4v) is 4.60. The number of halogens is 1. The number of carbonyl (C=O) groups is 2. The maximum absolute atomic E-state index is 12.9. The Morgan fingerprint density at radius 2 is 2.10 bits per heavy atom. The van der Waals surface area contributed by atoms with Crippen LogP contribution in [0.3, 0.4) is 0 Å². The van der Waals surface area contributed by atoms with E-state index in [1.54, 1.807) is 11.3 Å². The molecule has 20 heavy (non-hydrogen) atoms. The number of amides is 2. The van der Waals surface area contributed by atoms with Crippen molar-refractivity contribution in [3.8, 4) is 0 Å². The fraction of sp³-hybridized carbons (Fsp3) is 0.571. The van der Waals surface area contributed by atoms with Gasteiger partial charge in [0.2, 0.25) is 11.8 Å². The highest BCUT2D eigenvalue weighted by molar-refractivity contribution is 9.10. The van der Waals surface area contributed by atoms with Crippen molar-refractivity contribution in [2.45, 2.75) is 44.2 Å². The van der Waals surface area contributed by atoms with Crippen molar-refractivity contribution in [2.24, 2.45) is 0 Å². The van der Waals surface area contributed by atoms with Crippen LogP contribution in [0, 0.1) is 0 Å². The molecule has 1 spiro atoms. The molecule has 1 aromatic heterocycles. The van der Waals surface area contributed by atoms with Crippen LogP contribution in [0.5, 0.6) is 0 Å². The number of rotatable bonds is 2. The number of thiophene rings is 1. The van der Waals surface area contributed by atoms with E-state index in [1.807, 2.05) is 16.3 Å². The molecule has 6 heteroatoms. The summed E-state index contributed by atoms with van der Waals surface area (Å²) in [4.78, 5) is 27.7. The number of nitrogens with one attached hydrogen (secondary N) is 1. The van der Waals surface area contributed by atoms with Crippen LogP contribution in [-0.2, 0) is 16.1 Å². The van der Waals surface area contributed by atoms with Crippen molar-refractivity contribution in [1.29, 1.82) is 0 Å². The molecule has 0 bridgehead atoms. The normalized spacial score (nSPS) is 22.1. The second-order valence-electron chi connectivity index (χ2n) is 5.51. The van der Waals surface area contributed by atoms with E-state index in [4.69, 9.17) is 0 Å². The second-order valence-corrected chi connectivity index (χ2v) is 7.36. The van der Waals surface area contributed by atoms with Crippen LogP contribution in [0.15, 0.2) is 15.9 Å². The Morgan fingerprint density at radius 3 is 2.75 bits per heavy atom. The minimum absolute atomic E-state index is 0.00740. The molecule has 1 saturated carbocycles. The first-order valence-corrected chi connectivity index (χ1v) is 8.60. The molecule has 1 aromatic rings. The van der Waals surface area contributed by atoms with Crippen molar-refractivity contribution in [3.63, 3.8) is 0 Å². The molecule has 0 unspecified atom stereocenters. The molecular weight excluding hydrogens is 340 g/mol. The molecule has 2 amide bonds. The Balaban J connectivity index is 1.84. The van der Waals surface area contributed by atoms with Crippen molar-refractivity contribution >= 4 is 39.1 Å². The number of hydrogen-bond donors (Lipinski definition) is 1. The maximum Gasteiger partial charge on any atom is 0.248 e. The Bertz CT molecular complexity index is 537. The average Bonchev–Trinajstić information content (AvgIpc) is 3.01. The van der Waals surface area contributed by atoms with Gasteiger partial charge in [-0.15, -0.1) is 11.3 Å². The Kier molecular flexibility index (Phi) is 3.86. The molecule has 0 atom stereocenters. The molecule has 0 aromatic carbocycles. The van der Waals surface area contributed by atoms with Crippen LogP contribution in [0.25, 0.3) is 0 Å². The summed E-state index contributed by atoms with van der Waals surface area (Å²) in [6.45, 7) is 1.10. The van der Waals surface area contributed by atoms with Gasteiger partial charge in [-0.25, -0.2) is 0 Å². The van der Waals surface area contributed by atoms with Crippen LogP contribution < -0.4 is 5.32 Å². The standard InChI is InChI=1S/C14H17BrN2O2S/c15-10-4-8-20-11(10)9-17-7-3-12(18)16-14(13(17)19)5-1-2-6-14/h4,8H,1-3,5-7,9H2,(H,16,18). The highest BCUT2D eigenvalue weighted by Gasteiger charge is 2.46. The summed E-state index contributed by atoms with van der Waals surface area (Å²) in [7, 11) is 0. The van der Waals surface area contributed by atoms with Gasteiger partial charge in [0.15, 0.2) is 0 Å². The van der Waals surface area contributed by atoms with Crippen LogP contribution in [-0.4, -0.2) is 28.8 Å². The maximum atomic E-state index is 12.9. The van der Waals surface area contributed by atoms with Crippen LogP contribution >= 0.6 is 27.3 Å². The molecule has 1 saturated heterocycles. The first-order chi connectivity index (χ1) is 9.61. The van der Waals surface area contributed by atoms with Gasteiger partial charge in [-0.3, -0.25) is 9.59 Å². The van der Waals surface area contributed by atoms with E-state index >= 15 is 0 Å². The minimum Gasteiger partial charge on any atom is -0.342 e. The summed E-state index contributed by atoms with van der Waals surface area (Å²) in [5.74, 6) is 0.106. The lowest BCUT2D eigenvalue weighted by atomic mass is 9.96. The summed E-state index contributed by atoms with van der Waals surface area (Å²) in [5, 5.41) is 5.00. The first kappa shape index (κ1) is 14.1. The summed E-state index contributed by atoms with van der Waals surface area (Å²) in [6.07, 6.45) is 3.99. The van der Waals surface area contributed by atoms with Gasteiger partial charge in [-0.2, -0.15) is 0 Å².